The monoisotopic (exact) mass is 522 g/mol. The number of carbonyl (C=O) groups is 3. The lowest BCUT2D eigenvalue weighted by Crippen LogP contribution is -2.40. The lowest BCUT2D eigenvalue weighted by molar-refractivity contribution is -0.140. The summed E-state index contributed by atoms with van der Waals surface area (Å²) in [6.07, 6.45) is -0.566. The van der Waals surface area contributed by atoms with E-state index in [1.165, 1.54) is 11.3 Å². The molecule has 0 radical (unpaired) electrons. The number of rotatable bonds is 9. The highest BCUT2D eigenvalue weighted by Crippen LogP contribution is 2.27. The van der Waals surface area contributed by atoms with Crippen LogP contribution in [0, 0.1) is 6.92 Å². The smallest absolute Gasteiger partial charge is 0.326 e. The van der Waals surface area contributed by atoms with Gasteiger partial charge in [-0.1, -0.05) is 6.07 Å². The highest BCUT2D eigenvalue weighted by Gasteiger charge is 2.22. The first-order valence-electron chi connectivity index (χ1n) is 10.7. The number of aliphatic hydroxyl groups excluding tert-OH is 1. The molecule has 1 amide bonds. The molecule has 0 saturated heterocycles. The Morgan fingerprint density at radius 1 is 1.19 bits per heavy atom. The van der Waals surface area contributed by atoms with Crippen molar-refractivity contribution in [2.24, 2.45) is 0 Å². The minimum atomic E-state index is -1.29. The number of anilines is 1. The largest absolute Gasteiger partial charge is 0.481 e. The maximum atomic E-state index is 12.4. The summed E-state index contributed by atoms with van der Waals surface area (Å²) in [6, 6.07) is 7.49. The SMILES string of the molecule is CCO.Cc1nc2ccc(CN(C)c3ccc(C(=O)NC(CCC(=O)O)C(=O)O)s3)cc2c(=O)[nH]1.O. The molecular weight excluding hydrogens is 492 g/mol. The Morgan fingerprint density at radius 2 is 1.86 bits per heavy atom. The quantitative estimate of drug-likeness (QED) is 0.273. The molecule has 7 N–H and O–H groups in total. The number of aryl methyl sites for hydroxylation is 1. The van der Waals surface area contributed by atoms with Gasteiger partial charge >= 0.3 is 11.9 Å². The topological polar surface area (TPSA) is 204 Å². The average molecular weight is 523 g/mol. The van der Waals surface area contributed by atoms with E-state index in [0.717, 1.165) is 10.6 Å². The van der Waals surface area contributed by atoms with Crippen LogP contribution in [0.1, 0.15) is 40.8 Å². The number of aliphatic hydroxyl groups is 1. The van der Waals surface area contributed by atoms with Crippen molar-refractivity contribution >= 4 is 45.1 Å². The van der Waals surface area contributed by atoms with Crippen molar-refractivity contribution in [3.8, 4) is 0 Å². The number of aromatic amines is 1. The number of aliphatic carboxylic acids is 2. The van der Waals surface area contributed by atoms with Gasteiger partial charge in [0.2, 0.25) is 0 Å². The first-order chi connectivity index (χ1) is 16.5. The minimum Gasteiger partial charge on any atom is -0.481 e. The van der Waals surface area contributed by atoms with Gasteiger partial charge in [-0.15, -0.1) is 11.3 Å². The van der Waals surface area contributed by atoms with Crippen molar-refractivity contribution in [1.82, 2.24) is 15.3 Å². The zero-order valence-corrected chi connectivity index (χ0v) is 20.9. The van der Waals surface area contributed by atoms with Crippen LogP contribution in [0.4, 0.5) is 5.00 Å². The van der Waals surface area contributed by atoms with Crippen molar-refractivity contribution < 1.29 is 35.2 Å². The number of H-pyrrole nitrogens is 1. The molecule has 36 heavy (non-hydrogen) atoms. The number of hydrogen-bond donors (Lipinski definition) is 5. The Balaban J connectivity index is 0.00000154. The summed E-state index contributed by atoms with van der Waals surface area (Å²) in [5.74, 6) is -2.45. The number of thiophene rings is 1. The molecule has 0 aliphatic heterocycles. The van der Waals surface area contributed by atoms with Crippen LogP contribution in [0.5, 0.6) is 0 Å². The van der Waals surface area contributed by atoms with E-state index in [0.29, 0.717) is 28.1 Å². The molecule has 3 aromatic rings. The van der Waals surface area contributed by atoms with Crippen molar-refractivity contribution in [3.05, 3.63) is 57.0 Å². The maximum Gasteiger partial charge on any atom is 0.326 e. The van der Waals surface area contributed by atoms with E-state index in [-0.39, 0.29) is 30.5 Å². The van der Waals surface area contributed by atoms with Gasteiger partial charge in [0.05, 0.1) is 20.8 Å². The number of nitrogens with one attached hydrogen (secondary N) is 2. The highest BCUT2D eigenvalue weighted by atomic mass is 32.1. The summed E-state index contributed by atoms with van der Waals surface area (Å²) in [5.41, 5.74) is 1.29. The maximum absolute atomic E-state index is 12.4. The Morgan fingerprint density at radius 3 is 2.47 bits per heavy atom. The molecule has 1 aromatic carbocycles. The summed E-state index contributed by atoms with van der Waals surface area (Å²) in [5, 5.41) is 29.1. The lowest BCUT2D eigenvalue weighted by atomic mass is 10.1. The molecule has 3 rings (SSSR count). The number of carbonyl (C=O) groups excluding carboxylic acids is 1. The van der Waals surface area contributed by atoms with Gasteiger partial charge in [-0.2, -0.15) is 0 Å². The molecule has 0 spiro atoms. The third-order valence-corrected chi connectivity index (χ3v) is 5.95. The van der Waals surface area contributed by atoms with Gasteiger partial charge in [-0.25, -0.2) is 9.78 Å². The Hall–Kier alpha value is -3.81. The summed E-state index contributed by atoms with van der Waals surface area (Å²) >= 11 is 1.18. The van der Waals surface area contributed by atoms with Gasteiger partial charge in [-0.3, -0.25) is 14.4 Å². The Labute approximate surface area is 210 Å². The zero-order valence-electron chi connectivity index (χ0n) is 20.1. The van der Waals surface area contributed by atoms with Gasteiger partial charge < -0.3 is 36.0 Å². The summed E-state index contributed by atoms with van der Waals surface area (Å²) in [7, 11) is 1.84. The van der Waals surface area contributed by atoms with E-state index in [1.54, 1.807) is 38.1 Å². The predicted molar refractivity (Wildman–Crippen MR) is 136 cm³/mol. The van der Waals surface area contributed by atoms with Crippen molar-refractivity contribution in [1.29, 1.82) is 0 Å². The molecule has 12 nitrogen and oxygen atoms in total. The highest BCUT2D eigenvalue weighted by molar-refractivity contribution is 7.18. The summed E-state index contributed by atoms with van der Waals surface area (Å²) < 4.78 is 0. The van der Waals surface area contributed by atoms with Crippen LogP contribution in [-0.2, 0) is 16.1 Å². The van der Waals surface area contributed by atoms with E-state index in [2.05, 4.69) is 15.3 Å². The molecule has 2 heterocycles. The van der Waals surface area contributed by atoms with Crippen LogP contribution < -0.4 is 15.8 Å². The number of hydrogen-bond acceptors (Lipinski definition) is 8. The number of carboxylic acid groups (broad SMARTS) is 2. The van der Waals surface area contributed by atoms with E-state index < -0.39 is 23.9 Å². The molecule has 0 aliphatic carbocycles. The normalized spacial score (nSPS) is 11.0. The number of nitrogens with zero attached hydrogens (tertiary/aromatic N) is 2. The van der Waals surface area contributed by atoms with E-state index in [4.69, 9.17) is 10.2 Å². The fourth-order valence-corrected chi connectivity index (χ4v) is 4.03. The van der Waals surface area contributed by atoms with Crippen LogP contribution in [0.15, 0.2) is 35.1 Å². The molecule has 2 aromatic heterocycles. The van der Waals surface area contributed by atoms with Crippen LogP contribution in [-0.4, -0.2) is 68.3 Å². The third-order valence-electron chi connectivity index (χ3n) is 4.75. The fourth-order valence-electron chi connectivity index (χ4n) is 3.16. The van der Waals surface area contributed by atoms with E-state index in [9.17, 15) is 24.3 Å². The lowest BCUT2D eigenvalue weighted by Gasteiger charge is -2.17. The van der Waals surface area contributed by atoms with Crippen LogP contribution in [0.2, 0.25) is 0 Å². The van der Waals surface area contributed by atoms with Gasteiger partial charge in [0, 0.05) is 26.6 Å². The fraction of sp³-hybridized carbons (Fsp3) is 0.348. The number of fused-ring (bicyclic) bond motifs is 1. The molecule has 0 aliphatic rings. The number of benzene rings is 1. The second-order valence-corrected chi connectivity index (χ2v) is 8.67. The molecule has 0 fully saturated rings. The van der Waals surface area contributed by atoms with E-state index >= 15 is 0 Å². The standard InChI is InChI=1S/C21H22N4O6S.C2H6O.H2O/c1-11-22-14-4-3-12(9-13(14)19(28)23-11)10-25(2)17-7-6-16(32-17)20(29)24-15(21(30)31)5-8-18(26)27;1-2-3;/h3-4,6-7,9,15H,5,8,10H2,1-2H3,(H,24,29)(H,26,27)(H,30,31)(H,22,23,28);3H,2H2,1H3;1H2. The summed E-state index contributed by atoms with van der Waals surface area (Å²) in [4.78, 5) is 55.8. The first-order valence-corrected chi connectivity index (χ1v) is 11.5. The molecule has 196 valence electrons. The summed E-state index contributed by atoms with van der Waals surface area (Å²) in [6.45, 7) is 4.12. The molecule has 13 heteroatoms. The first kappa shape index (κ1) is 30.2. The zero-order chi connectivity index (χ0) is 26.1. The predicted octanol–water partition coefficient (Wildman–Crippen LogP) is 1.15. The Kier molecular flexibility index (Phi) is 11.7. The van der Waals surface area contributed by atoms with Gasteiger partial charge in [0.1, 0.15) is 11.9 Å². The molecule has 1 unspecified atom stereocenters. The van der Waals surface area contributed by atoms with Gasteiger partial charge in [0.25, 0.3) is 11.5 Å². The molecule has 0 bridgehead atoms. The van der Waals surface area contributed by atoms with E-state index in [1.807, 2.05) is 18.0 Å². The third kappa shape index (κ3) is 8.45. The molecular formula is C23H30N4O8S. The van der Waals surface area contributed by atoms with Crippen molar-refractivity contribution in [2.45, 2.75) is 39.3 Å². The van der Waals surface area contributed by atoms with Crippen molar-refractivity contribution in [2.75, 3.05) is 18.6 Å². The number of aromatic nitrogens is 2. The Bertz CT molecular complexity index is 1260. The number of amides is 1. The average Bonchev–Trinajstić information content (AvgIpc) is 3.28. The minimum absolute atomic E-state index is 0. The van der Waals surface area contributed by atoms with Crippen LogP contribution >= 0.6 is 11.3 Å². The van der Waals surface area contributed by atoms with Crippen molar-refractivity contribution in [3.63, 3.8) is 0 Å². The van der Waals surface area contributed by atoms with Gasteiger partial charge in [0.15, 0.2) is 0 Å². The van der Waals surface area contributed by atoms with Gasteiger partial charge in [-0.05, 0) is 50.1 Å². The second kappa shape index (κ2) is 13.9. The molecule has 0 saturated carbocycles. The van der Waals surface area contributed by atoms with Crippen LogP contribution in [0.25, 0.3) is 10.9 Å². The second-order valence-electron chi connectivity index (χ2n) is 7.61. The molecule has 1 atom stereocenters. The van der Waals surface area contributed by atoms with Crippen LogP contribution in [0.3, 0.4) is 0 Å². The number of carboxylic acids is 2.